The first-order valence-electron chi connectivity index (χ1n) is 10.6. The molecule has 1 aromatic carbocycles. The molecule has 0 bridgehead atoms. The SMILES string of the molecule is C[C@H](CO)ON=C(C(=O)Nc1nc2ccc(N(C)C)nc2s1)c1ccc(S(=O)(=O)C2CC2)cc1. The highest BCUT2D eigenvalue weighted by molar-refractivity contribution is 7.92. The number of hydrogen-bond donors (Lipinski definition) is 2. The Balaban J connectivity index is 1.60. The Morgan fingerprint density at radius 1 is 1.24 bits per heavy atom. The van der Waals surface area contributed by atoms with Gasteiger partial charge in [0.2, 0.25) is 0 Å². The van der Waals surface area contributed by atoms with Gasteiger partial charge in [-0.3, -0.25) is 10.1 Å². The lowest BCUT2D eigenvalue weighted by molar-refractivity contribution is -0.110. The van der Waals surface area contributed by atoms with Crippen LogP contribution >= 0.6 is 11.3 Å². The summed E-state index contributed by atoms with van der Waals surface area (Å²) in [4.78, 5) is 30.0. The molecule has 10 nitrogen and oxygen atoms in total. The summed E-state index contributed by atoms with van der Waals surface area (Å²) in [5.74, 6) is 0.179. The number of aromatic nitrogens is 2. The summed E-state index contributed by atoms with van der Waals surface area (Å²) in [6.07, 6.45) is 0.701. The minimum absolute atomic E-state index is 0.0723. The lowest BCUT2D eigenvalue weighted by Gasteiger charge is -2.10. The standard InChI is InChI=1S/C22H25N5O5S2/c1-13(12-28)32-26-19(14-4-6-15(7-5-14)34(30,31)16-8-9-16)20(29)25-22-23-17-10-11-18(27(2)3)24-21(17)33-22/h4-7,10-11,13,16,28H,8-9,12H2,1-3H3,(H,23,25,29)/t13-/m1/s1. The normalized spacial score (nSPS) is 15.2. The molecule has 4 rings (SSSR count). The predicted octanol–water partition coefficient (Wildman–Crippen LogP) is 2.43. The number of aliphatic hydroxyl groups excluding tert-OH is 1. The van der Waals surface area contributed by atoms with E-state index in [0.29, 0.717) is 33.9 Å². The molecule has 0 unspecified atom stereocenters. The first-order valence-corrected chi connectivity index (χ1v) is 13.0. The Bertz CT molecular complexity index is 1330. The van der Waals surface area contributed by atoms with Crippen molar-refractivity contribution in [3.8, 4) is 0 Å². The van der Waals surface area contributed by atoms with Crippen molar-refractivity contribution in [2.45, 2.75) is 36.0 Å². The van der Waals surface area contributed by atoms with Gasteiger partial charge in [-0.25, -0.2) is 18.4 Å². The second-order valence-electron chi connectivity index (χ2n) is 8.17. The van der Waals surface area contributed by atoms with Crippen molar-refractivity contribution in [1.29, 1.82) is 0 Å². The Labute approximate surface area is 201 Å². The molecule has 0 aliphatic heterocycles. The number of anilines is 2. The van der Waals surface area contributed by atoms with Crippen molar-refractivity contribution < 1.29 is 23.2 Å². The molecule has 1 aliphatic rings. The van der Waals surface area contributed by atoms with E-state index in [4.69, 9.17) is 4.84 Å². The lowest BCUT2D eigenvalue weighted by atomic mass is 10.1. The van der Waals surface area contributed by atoms with Crippen molar-refractivity contribution in [1.82, 2.24) is 9.97 Å². The lowest BCUT2D eigenvalue weighted by Crippen LogP contribution is -2.25. The van der Waals surface area contributed by atoms with Gasteiger partial charge in [-0.15, -0.1) is 0 Å². The molecule has 180 valence electrons. The van der Waals surface area contributed by atoms with Gasteiger partial charge in [0.1, 0.15) is 22.3 Å². The van der Waals surface area contributed by atoms with E-state index in [1.54, 1.807) is 6.92 Å². The molecule has 12 heteroatoms. The average molecular weight is 504 g/mol. The van der Waals surface area contributed by atoms with E-state index in [0.717, 1.165) is 5.82 Å². The molecule has 1 atom stereocenters. The van der Waals surface area contributed by atoms with Gasteiger partial charge in [-0.1, -0.05) is 28.6 Å². The molecule has 3 aromatic rings. The van der Waals surface area contributed by atoms with Gasteiger partial charge in [0.25, 0.3) is 5.91 Å². The quantitative estimate of drug-likeness (QED) is 0.336. The van der Waals surface area contributed by atoms with E-state index in [-0.39, 0.29) is 22.5 Å². The molecule has 0 radical (unpaired) electrons. The van der Waals surface area contributed by atoms with Crippen LogP contribution < -0.4 is 10.2 Å². The number of hydrogen-bond acceptors (Lipinski definition) is 10. The minimum atomic E-state index is -3.35. The number of carbonyl (C=O) groups is 1. The molecule has 2 heterocycles. The van der Waals surface area contributed by atoms with Crippen molar-refractivity contribution in [2.24, 2.45) is 5.16 Å². The second-order valence-corrected chi connectivity index (χ2v) is 11.4. The maximum Gasteiger partial charge on any atom is 0.280 e. The molecule has 2 N–H and O–H groups in total. The zero-order chi connectivity index (χ0) is 24.5. The number of benzene rings is 1. The van der Waals surface area contributed by atoms with Gasteiger partial charge in [-0.2, -0.15) is 0 Å². The first-order chi connectivity index (χ1) is 16.2. The van der Waals surface area contributed by atoms with Gasteiger partial charge in [0, 0.05) is 19.7 Å². The van der Waals surface area contributed by atoms with E-state index in [1.165, 1.54) is 35.6 Å². The summed E-state index contributed by atoms with van der Waals surface area (Å²) in [6.45, 7) is 1.32. The van der Waals surface area contributed by atoms with Crippen molar-refractivity contribution in [3.05, 3.63) is 42.0 Å². The third-order valence-corrected chi connectivity index (χ3v) is 8.29. The van der Waals surface area contributed by atoms with Crippen molar-refractivity contribution in [2.75, 3.05) is 30.9 Å². The minimum Gasteiger partial charge on any atom is -0.392 e. The van der Waals surface area contributed by atoms with E-state index in [2.05, 4.69) is 20.4 Å². The predicted molar refractivity (Wildman–Crippen MR) is 131 cm³/mol. The molecular weight excluding hydrogens is 478 g/mol. The van der Waals surface area contributed by atoms with Gasteiger partial charge < -0.3 is 14.8 Å². The van der Waals surface area contributed by atoms with Crippen molar-refractivity contribution >= 4 is 54.1 Å². The molecule has 0 spiro atoms. The third kappa shape index (κ3) is 5.18. The molecule has 2 aromatic heterocycles. The Morgan fingerprint density at radius 2 is 1.94 bits per heavy atom. The highest BCUT2D eigenvalue weighted by atomic mass is 32.2. The number of fused-ring (bicyclic) bond motifs is 1. The fraction of sp³-hybridized carbons (Fsp3) is 0.364. The summed E-state index contributed by atoms with van der Waals surface area (Å²) in [6, 6.07) is 9.62. The van der Waals surface area contributed by atoms with Crippen LogP contribution in [-0.2, 0) is 19.5 Å². The number of nitrogens with one attached hydrogen (secondary N) is 1. The molecular formula is C22H25N5O5S2. The van der Waals surface area contributed by atoms with Gasteiger partial charge in [0.05, 0.1) is 16.8 Å². The second kappa shape index (κ2) is 9.65. The van der Waals surface area contributed by atoms with Crippen LogP contribution in [0.4, 0.5) is 10.9 Å². The Kier molecular flexibility index (Phi) is 6.82. The molecule has 1 aliphatic carbocycles. The number of aliphatic hydroxyl groups is 1. The number of amides is 1. The molecule has 1 saturated carbocycles. The summed E-state index contributed by atoms with van der Waals surface area (Å²) in [5.41, 5.74) is 0.938. The van der Waals surface area contributed by atoms with Crippen LogP contribution in [0.2, 0.25) is 0 Å². The fourth-order valence-electron chi connectivity index (χ4n) is 3.04. The van der Waals surface area contributed by atoms with Crippen LogP contribution in [0.15, 0.2) is 46.4 Å². The number of pyridine rings is 1. The summed E-state index contributed by atoms with van der Waals surface area (Å²) in [7, 11) is 0.413. The zero-order valence-corrected chi connectivity index (χ0v) is 20.6. The summed E-state index contributed by atoms with van der Waals surface area (Å²) >= 11 is 1.22. The smallest absolute Gasteiger partial charge is 0.280 e. The number of rotatable bonds is 9. The maximum atomic E-state index is 13.1. The molecule has 0 saturated heterocycles. The van der Waals surface area contributed by atoms with E-state index in [9.17, 15) is 18.3 Å². The van der Waals surface area contributed by atoms with Crippen LogP contribution in [0.5, 0.6) is 0 Å². The van der Waals surface area contributed by atoms with Gasteiger partial charge in [0.15, 0.2) is 20.7 Å². The highest BCUT2D eigenvalue weighted by Gasteiger charge is 2.36. The Morgan fingerprint density at radius 3 is 2.56 bits per heavy atom. The topological polar surface area (TPSA) is 134 Å². The van der Waals surface area contributed by atoms with Crippen LogP contribution in [0, 0.1) is 0 Å². The number of carbonyl (C=O) groups excluding carboxylic acids is 1. The zero-order valence-electron chi connectivity index (χ0n) is 18.9. The molecule has 1 amide bonds. The van der Waals surface area contributed by atoms with Crippen LogP contribution in [0.1, 0.15) is 25.3 Å². The molecule has 1 fully saturated rings. The van der Waals surface area contributed by atoms with Crippen LogP contribution in [-0.4, -0.2) is 67.2 Å². The van der Waals surface area contributed by atoms with E-state index in [1.807, 2.05) is 31.1 Å². The van der Waals surface area contributed by atoms with Crippen LogP contribution in [0.25, 0.3) is 10.3 Å². The molecule has 34 heavy (non-hydrogen) atoms. The summed E-state index contributed by atoms with van der Waals surface area (Å²) < 4.78 is 25.0. The third-order valence-electron chi connectivity index (χ3n) is 5.14. The highest BCUT2D eigenvalue weighted by Crippen LogP contribution is 2.33. The number of oxime groups is 1. The Hall–Kier alpha value is -3.09. The largest absolute Gasteiger partial charge is 0.392 e. The summed E-state index contributed by atoms with van der Waals surface area (Å²) in [5, 5.41) is 15.9. The van der Waals surface area contributed by atoms with Crippen molar-refractivity contribution in [3.63, 3.8) is 0 Å². The van der Waals surface area contributed by atoms with Gasteiger partial charge in [-0.05, 0) is 44.0 Å². The van der Waals surface area contributed by atoms with Gasteiger partial charge >= 0.3 is 0 Å². The first kappa shape index (κ1) is 24.0. The van der Waals surface area contributed by atoms with Crippen LogP contribution in [0.3, 0.4) is 0 Å². The van der Waals surface area contributed by atoms with E-state index >= 15 is 0 Å². The number of sulfone groups is 1. The maximum absolute atomic E-state index is 13.1. The number of thiazole rings is 1. The monoisotopic (exact) mass is 503 g/mol. The average Bonchev–Trinajstić information content (AvgIpc) is 3.60. The fourth-order valence-corrected chi connectivity index (χ4v) is 5.53. The van der Waals surface area contributed by atoms with E-state index < -0.39 is 21.8 Å². The number of nitrogens with zero attached hydrogens (tertiary/aromatic N) is 4.